The minimum absolute atomic E-state index is 0.0968. The van der Waals surface area contributed by atoms with Crippen molar-refractivity contribution < 1.29 is 13.5 Å². The van der Waals surface area contributed by atoms with Crippen LogP contribution in [0.4, 0.5) is 0 Å². The van der Waals surface area contributed by atoms with Gasteiger partial charge in [-0.2, -0.15) is 4.31 Å². The summed E-state index contributed by atoms with van der Waals surface area (Å²) in [4.78, 5) is 0. The molecule has 6 heteroatoms. The van der Waals surface area contributed by atoms with Crippen LogP contribution in [0.1, 0.15) is 13.3 Å². The van der Waals surface area contributed by atoms with Gasteiger partial charge in [0.1, 0.15) is 0 Å². The summed E-state index contributed by atoms with van der Waals surface area (Å²) >= 11 is 0. The largest absolute Gasteiger partial charge is 0.389 e. The van der Waals surface area contributed by atoms with Crippen LogP contribution in [0, 0.1) is 0 Å². The second-order valence-corrected chi connectivity index (χ2v) is 6.09. The molecule has 0 aromatic heterocycles. The Kier molecular flexibility index (Phi) is 3.52. The Balaban J connectivity index is 2.58. The van der Waals surface area contributed by atoms with Crippen molar-refractivity contribution in [3.8, 4) is 0 Å². The third kappa shape index (κ3) is 2.91. The Morgan fingerprint density at radius 1 is 1.57 bits per heavy atom. The van der Waals surface area contributed by atoms with Crippen molar-refractivity contribution >= 4 is 10.0 Å². The molecule has 1 aliphatic rings. The van der Waals surface area contributed by atoms with E-state index in [0.717, 1.165) is 0 Å². The molecule has 1 aliphatic heterocycles. The summed E-state index contributed by atoms with van der Waals surface area (Å²) in [5, 5.41) is 12.4. The fourth-order valence-corrected chi connectivity index (χ4v) is 3.07. The molecule has 1 heterocycles. The minimum Gasteiger partial charge on any atom is -0.389 e. The minimum atomic E-state index is -3.18. The van der Waals surface area contributed by atoms with Gasteiger partial charge >= 0.3 is 0 Å². The molecule has 0 aromatic rings. The summed E-state index contributed by atoms with van der Waals surface area (Å²) in [6.07, 6.45) is 0.520. The lowest BCUT2D eigenvalue weighted by Crippen LogP contribution is -2.37. The Morgan fingerprint density at radius 3 is 2.64 bits per heavy atom. The highest BCUT2D eigenvalue weighted by Gasteiger charge is 2.37. The average molecular weight is 222 g/mol. The van der Waals surface area contributed by atoms with Gasteiger partial charge < -0.3 is 10.4 Å². The van der Waals surface area contributed by atoms with Gasteiger partial charge in [-0.25, -0.2) is 8.42 Å². The number of hydrogen-bond acceptors (Lipinski definition) is 4. The summed E-state index contributed by atoms with van der Waals surface area (Å²) in [6, 6.07) is 0. The van der Waals surface area contributed by atoms with E-state index >= 15 is 0 Å². The smallest absolute Gasteiger partial charge is 0.215 e. The molecule has 1 fully saturated rings. The molecule has 14 heavy (non-hydrogen) atoms. The van der Waals surface area contributed by atoms with E-state index < -0.39 is 15.6 Å². The Labute approximate surface area is 85.2 Å². The van der Waals surface area contributed by atoms with Crippen molar-refractivity contribution in [2.45, 2.75) is 18.9 Å². The van der Waals surface area contributed by atoms with E-state index in [9.17, 15) is 13.5 Å². The molecule has 0 aromatic carbocycles. The number of rotatable bonds is 4. The van der Waals surface area contributed by atoms with Crippen LogP contribution < -0.4 is 5.32 Å². The monoisotopic (exact) mass is 222 g/mol. The van der Waals surface area contributed by atoms with E-state index in [0.29, 0.717) is 19.5 Å². The molecule has 5 nitrogen and oxygen atoms in total. The summed E-state index contributed by atoms with van der Waals surface area (Å²) < 4.78 is 24.7. The molecule has 0 spiro atoms. The molecule has 1 rings (SSSR count). The van der Waals surface area contributed by atoms with Gasteiger partial charge in [-0.3, -0.25) is 0 Å². The zero-order valence-electron chi connectivity index (χ0n) is 8.65. The van der Waals surface area contributed by atoms with E-state index in [4.69, 9.17) is 0 Å². The predicted octanol–water partition coefficient (Wildman–Crippen LogP) is -1.01. The van der Waals surface area contributed by atoms with Crippen molar-refractivity contribution in [1.29, 1.82) is 0 Å². The maximum absolute atomic E-state index is 11.7. The highest BCUT2D eigenvalue weighted by Crippen LogP contribution is 2.22. The van der Waals surface area contributed by atoms with Gasteiger partial charge in [0.05, 0.1) is 11.4 Å². The number of aliphatic hydroxyl groups is 1. The molecule has 0 aliphatic carbocycles. The van der Waals surface area contributed by atoms with Gasteiger partial charge in [-0.05, 0) is 20.4 Å². The number of nitrogens with zero attached hydrogens (tertiary/aromatic N) is 1. The molecule has 0 amide bonds. The van der Waals surface area contributed by atoms with Gasteiger partial charge in [-0.1, -0.05) is 0 Å². The molecule has 0 radical (unpaired) electrons. The first-order valence-electron chi connectivity index (χ1n) is 4.72. The van der Waals surface area contributed by atoms with Crippen molar-refractivity contribution in [3.63, 3.8) is 0 Å². The molecule has 1 saturated heterocycles. The van der Waals surface area contributed by atoms with Crippen molar-refractivity contribution in [3.05, 3.63) is 0 Å². The van der Waals surface area contributed by atoms with Crippen LogP contribution in [0.15, 0.2) is 0 Å². The van der Waals surface area contributed by atoms with Crippen molar-refractivity contribution in [1.82, 2.24) is 9.62 Å². The van der Waals surface area contributed by atoms with Crippen LogP contribution in [0.3, 0.4) is 0 Å². The van der Waals surface area contributed by atoms with Crippen LogP contribution >= 0.6 is 0 Å². The summed E-state index contributed by atoms with van der Waals surface area (Å²) in [6.45, 7) is 2.76. The third-order valence-electron chi connectivity index (χ3n) is 2.42. The lowest BCUT2D eigenvalue weighted by Gasteiger charge is -2.18. The summed E-state index contributed by atoms with van der Waals surface area (Å²) in [5.74, 6) is 0.0968. The molecule has 2 N–H and O–H groups in total. The molecule has 0 bridgehead atoms. The molecule has 1 atom stereocenters. The summed E-state index contributed by atoms with van der Waals surface area (Å²) in [5.41, 5.74) is -0.854. The fourth-order valence-electron chi connectivity index (χ4n) is 1.50. The van der Waals surface area contributed by atoms with E-state index in [-0.39, 0.29) is 12.3 Å². The average Bonchev–Trinajstić information content (AvgIpc) is 2.43. The van der Waals surface area contributed by atoms with E-state index in [1.165, 1.54) is 4.31 Å². The fraction of sp³-hybridized carbons (Fsp3) is 1.00. The first kappa shape index (κ1) is 11.9. The summed E-state index contributed by atoms with van der Waals surface area (Å²) in [7, 11) is -1.46. The maximum atomic E-state index is 11.7. The topological polar surface area (TPSA) is 69.6 Å². The maximum Gasteiger partial charge on any atom is 0.215 e. The lowest BCUT2D eigenvalue weighted by atomic mass is 10.1. The zero-order chi connectivity index (χ0) is 10.8. The second-order valence-electron chi connectivity index (χ2n) is 4.00. The zero-order valence-corrected chi connectivity index (χ0v) is 9.47. The van der Waals surface area contributed by atoms with Crippen LogP contribution in [0.2, 0.25) is 0 Å². The van der Waals surface area contributed by atoms with Crippen LogP contribution in [0.5, 0.6) is 0 Å². The molecular formula is C8H18N2O3S. The van der Waals surface area contributed by atoms with E-state index in [2.05, 4.69) is 5.32 Å². The molecule has 1 unspecified atom stereocenters. The van der Waals surface area contributed by atoms with Crippen molar-refractivity contribution in [2.75, 3.05) is 32.4 Å². The van der Waals surface area contributed by atoms with Crippen LogP contribution in [-0.4, -0.2) is 55.9 Å². The van der Waals surface area contributed by atoms with Gasteiger partial charge in [0.25, 0.3) is 0 Å². The van der Waals surface area contributed by atoms with Crippen molar-refractivity contribution in [2.24, 2.45) is 0 Å². The molecule has 84 valence electrons. The van der Waals surface area contributed by atoms with Gasteiger partial charge in [-0.15, -0.1) is 0 Å². The lowest BCUT2D eigenvalue weighted by molar-refractivity contribution is 0.0762. The first-order valence-corrected chi connectivity index (χ1v) is 6.33. The number of nitrogens with one attached hydrogen (secondary N) is 1. The van der Waals surface area contributed by atoms with Crippen LogP contribution in [0.25, 0.3) is 0 Å². The van der Waals surface area contributed by atoms with Gasteiger partial charge in [0, 0.05) is 19.6 Å². The standard InChI is InChI=1S/C8H18N2O3S/c1-8(11)3-5-10(7-8)14(12,13)6-4-9-2/h9,11H,3-7H2,1-2H3. The first-order chi connectivity index (χ1) is 6.37. The Morgan fingerprint density at radius 2 is 2.21 bits per heavy atom. The highest BCUT2D eigenvalue weighted by atomic mass is 32.2. The van der Waals surface area contributed by atoms with Gasteiger partial charge in [0.15, 0.2) is 0 Å². The second kappa shape index (κ2) is 4.14. The van der Waals surface area contributed by atoms with Gasteiger partial charge in [0.2, 0.25) is 10.0 Å². The Bertz CT molecular complexity index is 287. The normalized spacial score (nSPS) is 29.6. The Hall–Kier alpha value is -0.170. The van der Waals surface area contributed by atoms with E-state index in [1.54, 1.807) is 14.0 Å². The third-order valence-corrected chi connectivity index (χ3v) is 4.24. The number of β-amino-alcohol motifs (C(OH)–C–C–N with tert-alkyl or cyclic N) is 1. The number of sulfonamides is 1. The highest BCUT2D eigenvalue weighted by molar-refractivity contribution is 7.89. The molecular weight excluding hydrogens is 204 g/mol. The van der Waals surface area contributed by atoms with Crippen LogP contribution in [-0.2, 0) is 10.0 Å². The number of hydrogen-bond donors (Lipinski definition) is 2. The predicted molar refractivity (Wildman–Crippen MR) is 54.5 cm³/mol. The molecule has 0 saturated carbocycles. The quantitative estimate of drug-likeness (QED) is 0.639. The van der Waals surface area contributed by atoms with E-state index in [1.807, 2.05) is 0 Å². The SMILES string of the molecule is CNCCS(=O)(=O)N1CCC(C)(O)C1.